The quantitative estimate of drug-likeness (QED) is 0.769. The number of anilines is 3. The van der Waals surface area contributed by atoms with Crippen LogP contribution in [-0.2, 0) is 0 Å². The highest BCUT2D eigenvalue weighted by Crippen LogP contribution is 2.31. The average Bonchev–Trinajstić information content (AvgIpc) is 2.69. The summed E-state index contributed by atoms with van der Waals surface area (Å²) in [5.74, 6) is 2.46. The summed E-state index contributed by atoms with van der Waals surface area (Å²) >= 11 is 0. The number of hydrogen-bond donors (Lipinski definition) is 1. The summed E-state index contributed by atoms with van der Waals surface area (Å²) < 4.78 is 0. The summed E-state index contributed by atoms with van der Waals surface area (Å²) in [4.78, 5) is 28.4. The molecule has 3 aromatic rings. The number of nitrogens with zero attached hydrogens (tertiary/aromatic N) is 7. The molecule has 1 aliphatic rings. The molecular formula is C18H20N8. The van der Waals surface area contributed by atoms with Gasteiger partial charge >= 0.3 is 0 Å². The van der Waals surface area contributed by atoms with Crippen LogP contribution in [0.1, 0.15) is 30.1 Å². The molecule has 4 heterocycles. The minimum Gasteiger partial charge on any atom is -0.356 e. The second-order valence-electron chi connectivity index (χ2n) is 6.29. The van der Waals surface area contributed by atoms with Crippen LogP contribution in [0.4, 0.5) is 17.6 Å². The molecule has 1 fully saturated rings. The highest BCUT2D eigenvalue weighted by Gasteiger charge is 2.26. The zero-order valence-electron chi connectivity index (χ0n) is 14.6. The maximum Gasteiger partial charge on any atom is 0.228 e. The van der Waals surface area contributed by atoms with Crippen molar-refractivity contribution in [1.82, 2.24) is 29.9 Å². The van der Waals surface area contributed by atoms with E-state index in [2.05, 4.69) is 40.1 Å². The minimum absolute atomic E-state index is 0.263. The first-order valence-electron chi connectivity index (χ1n) is 8.68. The number of piperidine rings is 1. The van der Waals surface area contributed by atoms with Gasteiger partial charge in [0.15, 0.2) is 5.82 Å². The molecule has 0 spiro atoms. The normalized spacial score (nSPS) is 17.1. The molecule has 8 nitrogen and oxygen atoms in total. The Morgan fingerprint density at radius 2 is 1.85 bits per heavy atom. The van der Waals surface area contributed by atoms with E-state index in [1.54, 1.807) is 37.2 Å². The van der Waals surface area contributed by atoms with Crippen LogP contribution in [0.3, 0.4) is 0 Å². The molecule has 8 heteroatoms. The Morgan fingerprint density at radius 3 is 2.69 bits per heavy atom. The number of hydrogen-bond acceptors (Lipinski definition) is 8. The smallest absolute Gasteiger partial charge is 0.228 e. The largest absolute Gasteiger partial charge is 0.356 e. The van der Waals surface area contributed by atoms with Gasteiger partial charge in [-0.15, -0.1) is 0 Å². The molecule has 0 saturated carbocycles. The van der Waals surface area contributed by atoms with Gasteiger partial charge in [0.05, 0.1) is 5.69 Å². The van der Waals surface area contributed by atoms with Gasteiger partial charge in [-0.3, -0.25) is 4.98 Å². The molecule has 3 aromatic heterocycles. The number of rotatable bonds is 4. The SMILES string of the molecule is Cc1cc(N2CCCC(c3nccnc3Nc3ncccn3)C2)ncn1. The lowest BCUT2D eigenvalue weighted by Gasteiger charge is -2.33. The van der Waals surface area contributed by atoms with Crippen molar-refractivity contribution < 1.29 is 0 Å². The zero-order valence-corrected chi connectivity index (χ0v) is 14.6. The van der Waals surface area contributed by atoms with E-state index < -0.39 is 0 Å². The van der Waals surface area contributed by atoms with Crippen molar-refractivity contribution in [3.05, 3.63) is 54.6 Å². The van der Waals surface area contributed by atoms with Crippen molar-refractivity contribution in [3.8, 4) is 0 Å². The van der Waals surface area contributed by atoms with Gasteiger partial charge in [-0.05, 0) is 25.8 Å². The lowest BCUT2D eigenvalue weighted by molar-refractivity contribution is 0.498. The van der Waals surface area contributed by atoms with E-state index in [0.717, 1.165) is 43.1 Å². The second kappa shape index (κ2) is 7.38. The monoisotopic (exact) mass is 348 g/mol. The van der Waals surface area contributed by atoms with Crippen LogP contribution in [0, 0.1) is 6.92 Å². The molecule has 1 N–H and O–H groups in total. The lowest BCUT2D eigenvalue weighted by atomic mass is 9.94. The van der Waals surface area contributed by atoms with E-state index in [9.17, 15) is 0 Å². The molecule has 26 heavy (non-hydrogen) atoms. The van der Waals surface area contributed by atoms with Gasteiger partial charge in [0.25, 0.3) is 0 Å². The van der Waals surface area contributed by atoms with E-state index >= 15 is 0 Å². The first kappa shape index (κ1) is 16.3. The number of aromatic nitrogens is 6. The summed E-state index contributed by atoms with van der Waals surface area (Å²) in [5, 5.41) is 3.19. The van der Waals surface area contributed by atoms with Crippen LogP contribution >= 0.6 is 0 Å². The topological polar surface area (TPSA) is 92.6 Å². The fourth-order valence-corrected chi connectivity index (χ4v) is 3.24. The summed E-state index contributed by atoms with van der Waals surface area (Å²) in [6, 6.07) is 3.81. The van der Waals surface area contributed by atoms with E-state index in [4.69, 9.17) is 0 Å². The molecule has 0 amide bonds. The maximum atomic E-state index is 4.60. The van der Waals surface area contributed by atoms with Crippen molar-refractivity contribution in [3.63, 3.8) is 0 Å². The highest BCUT2D eigenvalue weighted by atomic mass is 15.2. The molecule has 132 valence electrons. The van der Waals surface area contributed by atoms with Gasteiger partial charge in [-0.2, -0.15) is 0 Å². The molecule has 1 aliphatic heterocycles. The third-order valence-electron chi connectivity index (χ3n) is 4.44. The van der Waals surface area contributed by atoms with Crippen molar-refractivity contribution >= 4 is 17.6 Å². The van der Waals surface area contributed by atoms with Gasteiger partial charge in [-0.1, -0.05) is 0 Å². The lowest BCUT2D eigenvalue weighted by Crippen LogP contribution is -2.35. The molecule has 0 bridgehead atoms. The van der Waals surface area contributed by atoms with Crippen LogP contribution in [0.2, 0.25) is 0 Å². The van der Waals surface area contributed by atoms with Gasteiger partial charge < -0.3 is 10.2 Å². The fourth-order valence-electron chi connectivity index (χ4n) is 3.24. The Kier molecular flexibility index (Phi) is 4.63. The summed E-state index contributed by atoms with van der Waals surface area (Å²) in [5.41, 5.74) is 1.91. The van der Waals surface area contributed by atoms with Gasteiger partial charge in [0.1, 0.15) is 12.1 Å². The first-order chi connectivity index (χ1) is 12.8. The highest BCUT2D eigenvalue weighted by molar-refractivity contribution is 5.52. The van der Waals surface area contributed by atoms with Gasteiger partial charge in [0, 0.05) is 55.6 Å². The Morgan fingerprint density at radius 1 is 1.00 bits per heavy atom. The van der Waals surface area contributed by atoms with Gasteiger partial charge in [0.2, 0.25) is 5.95 Å². The van der Waals surface area contributed by atoms with Crippen LogP contribution in [-0.4, -0.2) is 43.0 Å². The Bertz CT molecular complexity index is 870. The molecule has 0 radical (unpaired) electrons. The van der Waals surface area contributed by atoms with Crippen LogP contribution in [0.5, 0.6) is 0 Å². The molecule has 1 atom stereocenters. The zero-order chi connectivity index (χ0) is 17.8. The third-order valence-corrected chi connectivity index (χ3v) is 4.44. The first-order valence-corrected chi connectivity index (χ1v) is 8.68. The Hall–Kier alpha value is -3.16. The Balaban J connectivity index is 1.57. The molecule has 0 aromatic carbocycles. The second-order valence-corrected chi connectivity index (χ2v) is 6.29. The van der Waals surface area contributed by atoms with E-state index in [-0.39, 0.29) is 5.92 Å². The van der Waals surface area contributed by atoms with Crippen molar-refractivity contribution in [2.45, 2.75) is 25.7 Å². The minimum atomic E-state index is 0.263. The third kappa shape index (κ3) is 3.58. The molecule has 0 aliphatic carbocycles. The van der Waals surface area contributed by atoms with Crippen LogP contribution in [0.15, 0.2) is 43.2 Å². The summed E-state index contributed by atoms with van der Waals surface area (Å²) in [7, 11) is 0. The van der Waals surface area contributed by atoms with Crippen molar-refractivity contribution in [1.29, 1.82) is 0 Å². The van der Waals surface area contributed by atoms with E-state index in [0.29, 0.717) is 11.8 Å². The van der Waals surface area contributed by atoms with Crippen LogP contribution < -0.4 is 10.2 Å². The number of aryl methyl sites for hydroxylation is 1. The predicted octanol–water partition coefficient (Wildman–Crippen LogP) is 2.49. The van der Waals surface area contributed by atoms with Crippen LogP contribution in [0.25, 0.3) is 0 Å². The Labute approximate surface area is 151 Å². The van der Waals surface area contributed by atoms with Gasteiger partial charge in [-0.25, -0.2) is 24.9 Å². The summed E-state index contributed by atoms with van der Waals surface area (Å²) in [6.45, 7) is 3.81. The molecule has 4 rings (SSSR count). The molecule has 1 saturated heterocycles. The maximum absolute atomic E-state index is 4.60. The van der Waals surface area contributed by atoms with E-state index in [1.165, 1.54) is 0 Å². The van der Waals surface area contributed by atoms with Crippen molar-refractivity contribution in [2.75, 3.05) is 23.3 Å². The average molecular weight is 348 g/mol. The number of nitrogens with one attached hydrogen (secondary N) is 1. The van der Waals surface area contributed by atoms with Crippen molar-refractivity contribution in [2.24, 2.45) is 0 Å². The van der Waals surface area contributed by atoms with E-state index in [1.807, 2.05) is 13.0 Å². The fraction of sp³-hybridized carbons (Fsp3) is 0.333. The summed E-state index contributed by atoms with van der Waals surface area (Å²) in [6.07, 6.45) is 10.6. The molecular weight excluding hydrogens is 328 g/mol. The molecule has 1 unspecified atom stereocenters. The standard InChI is InChI=1S/C18H20N8/c1-13-10-15(24-12-23-13)26-9-2-4-14(11-26)16-17(20-8-7-19-16)25-18-21-5-3-6-22-18/h3,5-8,10,12,14H,2,4,9,11H2,1H3,(H,20,21,22,25). The predicted molar refractivity (Wildman–Crippen MR) is 98.3 cm³/mol.